The summed E-state index contributed by atoms with van der Waals surface area (Å²) in [5, 5.41) is 5.53. The molecule has 0 unspecified atom stereocenters. The van der Waals surface area contributed by atoms with Gasteiger partial charge in [0.1, 0.15) is 4.90 Å². The van der Waals surface area contributed by atoms with Crippen LogP contribution in [0.4, 0.5) is 5.69 Å². The average Bonchev–Trinajstić information content (AvgIpc) is 2.64. The first-order chi connectivity index (χ1) is 9.05. The van der Waals surface area contributed by atoms with Crippen molar-refractivity contribution in [3.63, 3.8) is 0 Å². The molecule has 1 aromatic carbocycles. The van der Waals surface area contributed by atoms with Crippen LogP contribution in [0.15, 0.2) is 29.2 Å². The van der Waals surface area contributed by atoms with E-state index in [1.54, 1.807) is 31.3 Å². The number of carbonyl (C=O) groups excluding carboxylic acids is 1. The zero-order valence-corrected chi connectivity index (χ0v) is 11.5. The third-order valence-electron chi connectivity index (χ3n) is 3.00. The Morgan fingerprint density at radius 3 is 2.79 bits per heavy atom. The lowest BCUT2D eigenvalue weighted by Gasteiger charge is -2.20. The summed E-state index contributed by atoms with van der Waals surface area (Å²) >= 11 is 0. The van der Waals surface area contributed by atoms with Crippen molar-refractivity contribution in [3.05, 3.63) is 24.3 Å². The molecule has 0 atom stereocenters. The highest BCUT2D eigenvalue weighted by molar-refractivity contribution is 7.89. The summed E-state index contributed by atoms with van der Waals surface area (Å²) in [4.78, 5) is 11.7. The Labute approximate surface area is 112 Å². The fourth-order valence-corrected chi connectivity index (χ4v) is 3.65. The minimum atomic E-state index is -3.65. The van der Waals surface area contributed by atoms with Crippen molar-refractivity contribution < 1.29 is 13.2 Å². The van der Waals surface area contributed by atoms with E-state index >= 15 is 0 Å². The van der Waals surface area contributed by atoms with Crippen molar-refractivity contribution in [1.82, 2.24) is 9.62 Å². The van der Waals surface area contributed by atoms with Crippen LogP contribution in [-0.4, -0.2) is 45.3 Å². The van der Waals surface area contributed by atoms with Gasteiger partial charge >= 0.3 is 0 Å². The number of nitrogens with zero attached hydrogens (tertiary/aromatic N) is 1. The van der Waals surface area contributed by atoms with Gasteiger partial charge in [-0.2, -0.15) is 4.31 Å². The molecule has 0 bridgehead atoms. The van der Waals surface area contributed by atoms with Gasteiger partial charge in [0, 0.05) is 20.1 Å². The summed E-state index contributed by atoms with van der Waals surface area (Å²) < 4.78 is 26.4. The molecule has 19 heavy (non-hydrogen) atoms. The van der Waals surface area contributed by atoms with E-state index in [9.17, 15) is 13.2 Å². The van der Waals surface area contributed by atoms with Gasteiger partial charge in [-0.25, -0.2) is 8.42 Å². The number of rotatable bonds is 3. The number of para-hydroxylation sites is 1. The van der Waals surface area contributed by atoms with E-state index in [0.717, 1.165) is 0 Å². The first kappa shape index (κ1) is 13.8. The van der Waals surface area contributed by atoms with E-state index in [1.807, 2.05) is 0 Å². The topological polar surface area (TPSA) is 78.5 Å². The summed E-state index contributed by atoms with van der Waals surface area (Å²) in [7, 11) is -1.98. The van der Waals surface area contributed by atoms with Gasteiger partial charge in [-0.3, -0.25) is 4.79 Å². The molecular formula is C12H17N3O3S. The second-order valence-corrected chi connectivity index (χ2v) is 6.19. The minimum Gasteiger partial charge on any atom is -0.387 e. The largest absolute Gasteiger partial charge is 0.387 e. The molecule has 2 rings (SSSR count). The maximum atomic E-state index is 12.6. The van der Waals surface area contributed by atoms with Crippen molar-refractivity contribution >= 4 is 21.6 Å². The standard InChI is InChI=1S/C12H17N3O3S/c1-13-10-5-2-3-6-11(10)19(17,18)15-8-4-7-14-12(16)9-15/h2-3,5-6,13H,4,7-9H2,1H3,(H,14,16). The van der Waals surface area contributed by atoms with Gasteiger partial charge < -0.3 is 10.6 Å². The van der Waals surface area contributed by atoms with E-state index in [0.29, 0.717) is 25.2 Å². The number of amides is 1. The lowest BCUT2D eigenvalue weighted by Crippen LogP contribution is -2.37. The van der Waals surface area contributed by atoms with Gasteiger partial charge in [-0.1, -0.05) is 12.1 Å². The Morgan fingerprint density at radius 2 is 2.05 bits per heavy atom. The van der Waals surface area contributed by atoms with Gasteiger partial charge in [0.2, 0.25) is 15.9 Å². The molecule has 1 fully saturated rings. The molecule has 0 radical (unpaired) electrons. The lowest BCUT2D eigenvalue weighted by molar-refractivity contribution is -0.120. The van der Waals surface area contributed by atoms with Gasteiger partial charge in [0.05, 0.1) is 12.2 Å². The fourth-order valence-electron chi connectivity index (χ4n) is 2.02. The van der Waals surface area contributed by atoms with E-state index in [1.165, 1.54) is 4.31 Å². The van der Waals surface area contributed by atoms with E-state index in [-0.39, 0.29) is 17.3 Å². The third kappa shape index (κ3) is 2.87. The predicted octanol–water partition coefficient (Wildman–Crippen LogP) is 0.239. The highest BCUT2D eigenvalue weighted by Crippen LogP contribution is 2.24. The third-order valence-corrected chi connectivity index (χ3v) is 4.90. The molecule has 0 saturated carbocycles. The van der Waals surface area contributed by atoms with Crippen LogP contribution in [0.1, 0.15) is 6.42 Å². The maximum absolute atomic E-state index is 12.6. The second kappa shape index (κ2) is 5.58. The molecule has 2 N–H and O–H groups in total. The van der Waals surface area contributed by atoms with Crippen molar-refractivity contribution in [2.45, 2.75) is 11.3 Å². The molecule has 1 heterocycles. The quantitative estimate of drug-likeness (QED) is 0.833. The monoisotopic (exact) mass is 283 g/mol. The lowest BCUT2D eigenvalue weighted by atomic mass is 10.3. The molecule has 1 amide bonds. The Kier molecular flexibility index (Phi) is 4.06. The molecule has 1 saturated heterocycles. The summed E-state index contributed by atoms with van der Waals surface area (Å²) in [5.41, 5.74) is 0.534. The number of sulfonamides is 1. The summed E-state index contributed by atoms with van der Waals surface area (Å²) in [6.45, 7) is 0.734. The fraction of sp³-hybridized carbons (Fsp3) is 0.417. The molecule has 1 aliphatic rings. The molecule has 7 heteroatoms. The first-order valence-corrected chi connectivity index (χ1v) is 7.53. The first-order valence-electron chi connectivity index (χ1n) is 6.09. The van der Waals surface area contributed by atoms with E-state index in [4.69, 9.17) is 0 Å². The molecule has 0 aromatic heterocycles. The molecule has 1 aliphatic heterocycles. The molecular weight excluding hydrogens is 266 g/mol. The highest BCUT2D eigenvalue weighted by atomic mass is 32.2. The molecule has 6 nitrogen and oxygen atoms in total. The number of nitrogens with one attached hydrogen (secondary N) is 2. The van der Waals surface area contributed by atoms with Crippen LogP contribution >= 0.6 is 0 Å². The van der Waals surface area contributed by atoms with Crippen LogP contribution in [0, 0.1) is 0 Å². The summed E-state index contributed by atoms with van der Waals surface area (Å²) in [6.07, 6.45) is 0.618. The van der Waals surface area contributed by atoms with Crippen LogP contribution in [0.25, 0.3) is 0 Å². The molecule has 104 valence electrons. The van der Waals surface area contributed by atoms with E-state index in [2.05, 4.69) is 10.6 Å². The van der Waals surface area contributed by atoms with Crippen LogP contribution in [0.2, 0.25) is 0 Å². The van der Waals surface area contributed by atoms with Crippen molar-refractivity contribution in [3.8, 4) is 0 Å². The Balaban J connectivity index is 2.38. The van der Waals surface area contributed by atoms with Gasteiger partial charge in [-0.15, -0.1) is 0 Å². The number of hydrogen-bond donors (Lipinski definition) is 2. The zero-order chi connectivity index (χ0) is 13.9. The Hall–Kier alpha value is -1.60. The predicted molar refractivity (Wildman–Crippen MR) is 72.4 cm³/mol. The van der Waals surface area contributed by atoms with E-state index < -0.39 is 10.0 Å². The molecule has 0 spiro atoms. The molecule has 0 aliphatic carbocycles. The van der Waals surface area contributed by atoms with Crippen LogP contribution in [0.3, 0.4) is 0 Å². The smallest absolute Gasteiger partial charge is 0.245 e. The van der Waals surface area contributed by atoms with Crippen LogP contribution in [0.5, 0.6) is 0 Å². The number of benzene rings is 1. The van der Waals surface area contributed by atoms with Crippen molar-refractivity contribution in [2.75, 3.05) is 32.0 Å². The minimum absolute atomic E-state index is 0.125. The van der Waals surface area contributed by atoms with Gasteiger partial charge in [0.15, 0.2) is 0 Å². The normalized spacial score (nSPS) is 17.6. The number of anilines is 1. The van der Waals surface area contributed by atoms with Crippen molar-refractivity contribution in [1.29, 1.82) is 0 Å². The maximum Gasteiger partial charge on any atom is 0.245 e. The van der Waals surface area contributed by atoms with Crippen LogP contribution < -0.4 is 10.6 Å². The van der Waals surface area contributed by atoms with Crippen LogP contribution in [-0.2, 0) is 14.8 Å². The average molecular weight is 283 g/mol. The zero-order valence-electron chi connectivity index (χ0n) is 10.7. The second-order valence-electron chi connectivity index (χ2n) is 4.29. The van der Waals surface area contributed by atoms with Crippen molar-refractivity contribution in [2.24, 2.45) is 0 Å². The summed E-state index contributed by atoms with van der Waals surface area (Å²) in [6, 6.07) is 6.68. The molecule has 1 aromatic rings. The number of hydrogen-bond acceptors (Lipinski definition) is 4. The number of carbonyl (C=O) groups is 1. The SMILES string of the molecule is CNc1ccccc1S(=O)(=O)N1CCCNC(=O)C1. The van der Waals surface area contributed by atoms with Gasteiger partial charge in [0.25, 0.3) is 0 Å². The Bertz CT molecular complexity index is 571. The summed E-state index contributed by atoms with van der Waals surface area (Å²) in [5.74, 6) is -0.261. The van der Waals surface area contributed by atoms with Gasteiger partial charge in [-0.05, 0) is 18.6 Å². The Morgan fingerprint density at radius 1 is 1.32 bits per heavy atom. The highest BCUT2D eigenvalue weighted by Gasteiger charge is 2.29.